The summed E-state index contributed by atoms with van der Waals surface area (Å²) in [7, 11) is 0. The minimum atomic E-state index is -0.491. The van der Waals surface area contributed by atoms with Crippen LogP contribution < -0.4 is 5.32 Å². The Balaban J connectivity index is 1.81. The van der Waals surface area contributed by atoms with Gasteiger partial charge >= 0.3 is 6.09 Å². The van der Waals surface area contributed by atoms with E-state index < -0.39 is 11.7 Å². The molecule has 0 atom stereocenters. The zero-order chi connectivity index (χ0) is 17.9. The Bertz CT molecular complexity index is 888. The fourth-order valence-corrected chi connectivity index (χ4v) is 2.81. The van der Waals surface area contributed by atoms with Crippen LogP contribution >= 0.6 is 0 Å². The first-order chi connectivity index (χ1) is 11.9. The molecule has 3 rings (SSSR count). The van der Waals surface area contributed by atoms with E-state index in [2.05, 4.69) is 53.8 Å². The van der Waals surface area contributed by atoms with Crippen molar-refractivity contribution in [1.82, 2.24) is 5.32 Å². The third-order valence-electron chi connectivity index (χ3n) is 3.86. The van der Waals surface area contributed by atoms with Crippen molar-refractivity contribution < 1.29 is 9.53 Å². The molecular formula is C22H23NO2. The standard InChI is InChI=1S/C22H23NO2/c1-22(2,3)25-21(24)23-15-16-8-6-11-18(14-16)20-13-7-10-17-9-4-5-12-19(17)20/h4-14H,15H2,1-3H3,(H,23,24). The van der Waals surface area contributed by atoms with E-state index in [1.807, 2.05) is 39.0 Å². The average molecular weight is 333 g/mol. The third kappa shape index (κ3) is 4.38. The molecule has 0 aromatic heterocycles. The van der Waals surface area contributed by atoms with Gasteiger partial charge in [0.1, 0.15) is 5.60 Å². The Hall–Kier alpha value is -2.81. The smallest absolute Gasteiger partial charge is 0.407 e. The summed E-state index contributed by atoms with van der Waals surface area (Å²) in [5.74, 6) is 0. The van der Waals surface area contributed by atoms with Crippen molar-refractivity contribution in [3.63, 3.8) is 0 Å². The lowest BCUT2D eigenvalue weighted by molar-refractivity contribution is 0.0523. The number of hydrogen-bond donors (Lipinski definition) is 1. The van der Waals surface area contributed by atoms with Crippen molar-refractivity contribution in [2.24, 2.45) is 0 Å². The first kappa shape index (κ1) is 17.0. The minimum Gasteiger partial charge on any atom is -0.444 e. The maximum atomic E-state index is 11.8. The van der Waals surface area contributed by atoms with Crippen LogP contribution in [0, 0.1) is 0 Å². The number of amides is 1. The normalized spacial score (nSPS) is 11.3. The summed E-state index contributed by atoms with van der Waals surface area (Å²) in [5.41, 5.74) is 2.88. The minimum absolute atomic E-state index is 0.400. The van der Waals surface area contributed by atoms with Crippen molar-refractivity contribution >= 4 is 16.9 Å². The molecule has 0 fully saturated rings. The SMILES string of the molecule is CC(C)(C)OC(=O)NCc1cccc(-c2cccc3ccccc23)c1. The van der Waals surface area contributed by atoms with Crippen LogP contribution in [-0.2, 0) is 11.3 Å². The molecule has 3 aromatic carbocycles. The predicted molar refractivity (Wildman–Crippen MR) is 102 cm³/mol. The Morgan fingerprint density at radius 1 is 0.960 bits per heavy atom. The van der Waals surface area contributed by atoms with Crippen LogP contribution in [0.2, 0.25) is 0 Å². The second-order valence-corrected chi connectivity index (χ2v) is 7.08. The summed E-state index contributed by atoms with van der Waals surface area (Å²) in [6.07, 6.45) is -0.400. The summed E-state index contributed by atoms with van der Waals surface area (Å²) in [5, 5.41) is 5.25. The molecule has 25 heavy (non-hydrogen) atoms. The zero-order valence-corrected chi connectivity index (χ0v) is 14.9. The van der Waals surface area contributed by atoms with E-state index in [0.29, 0.717) is 6.54 Å². The van der Waals surface area contributed by atoms with Gasteiger partial charge in [0.25, 0.3) is 0 Å². The molecule has 3 aromatic rings. The van der Waals surface area contributed by atoms with Gasteiger partial charge in [-0.15, -0.1) is 0 Å². The van der Waals surface area contributed by atoms with E-state index >= 15 is 0 Å². The maximum Gasteiger partial charge on any atom is 0.407 e. The Kier molecular flexibility index (Phi) is 4.75. The van der Waals surface area contributed by atoms with Gasteiger partial charge in [0.05, 0.1) is 0 Å². The largest absolute Gasteiger partial charge is 0.444 e. The Morgan fingerprint density at radius 3 is 2.48 bits per heavy atom. The maximum absolute atomic E-state index is 11.8. The number of nitrogens with one attached hydrogen (secondary N) is 1. The highest BCUT2D eigenvalue weighted by atomic mass is 16.6. The van der Waals surface area contributed by atoms with Gasteiger partial charge in [-0.3, -0.25) is 0 Å². The quantitative estimate of drug-likeness (QED) is 0.684. The first-order valence-corrected chi connectivity index (χ1v) is 8.46. The number of fused-ring (bicyclic) bond motifs is 1. The summed E-state index contributed by atoms with van der Waals surface area (Å²) < 4.78 is 5.28. The zero-order valence-electron chi connectivity index (χ0n) is 14.9. The van der Waals surface area contributed by atoms with Crippen molar-refractivity contribution in [2.75, 3.05) is 0 Å². The lowest BCUT2D eigenvalue weighted by atomic mass is 9.97. The molecule has 0 unspecified atom stereocenters. The van der Waals surface area contributed by atoms with Crippen molar-refractivity contribution in [3.8, 4) is 11.1 Å². The Morgan fingerprint density at radius 2 is 1.68 bits per heavy atom. The van der Waals surface area contributed by atoms with Gasteiger partial charge in [0.15, 0.2) is 0 Å². The summed E-state index contributed by atoms with van der Waals surface area (Å²) in [6, 6.07) is 22.9. The highest BCUT2D eigenvalue weighted by Gasteiger charge is 2.15. The van der Waals surface area contributed by atoms with E-state index in [1.165, 1.54) is 16.3 Å². The van der Waals surface area contributed by atoms with Crippen molar-refractivity contribution in [3.05, 3.63) is 72.3 Å². The van der Waals surface area contributed by atoms with Crippen LogP contribution in [0.1, 0.15) is 26.3 Å². The highest BCUT2D eigenvalue weighted by Crippen LogP contribution is 2.29. The number of carbonyl (C=O) groups is 1. The van der Waals surface area contributed by atoms with E-state index in [9.17, 15) is 4.79 Å². The van der Waals surface area contributed by atoms with Gasteiger partial charge in [-0.05, 0) is 54.3 Å². The molecule has 0 spiro atoms. The van der Waals surface area contributed by atoms with E-state index in [-0.39, 0.29) is 0 Å². The molecule has 3 heteroatoms. The molecule has 0 aliphatic heterocycles. The van der Waals surface area contributed by atoms with Crippen LogP contribution in [0.4, 0.5) is 4.79 Å². The molecule has 0 heterocycles. The number of carbonyl (C=O) groups excluding carboxylic acids is 1. The number of ether oxygens (including phenoxy) is 1. The molecule has 0 aliphatic carbocycles. The molecule has 1 amide bonds. The highest BCUT2D eigenvalue weighted by molar-refractivity contribution is 5.96. The first-order valence-electron chi connectivity index (χ1n) is 8.46. The van der Waals surface area contributed by atoms with Crippen LogP contribution in [-0.4, -0.2) is 11.7 Å². The van der Waals surface area contributed by atoms with E-state index in [1.54, 1.807) is 0 Å². The second kappa shape index (κ2) is 6.98. The fourth-order valence-electron chi connectivity index (χ4n) is 2.81. The van der Waals surface area contributed by atoms with Gasteiger partial charge in [0.2, 0.25) is 0 Å². The molecule has 0 bridgehead atoms. The lowest BCUT2D eigenvalue weighted by Gasteiger charge is -2.19. The van der Waals surface area contributed by atoms with Gasteiger partial charge in [-0.25, -0.2) is 4.79 Å². The topological polar surface area (TPSA) is 38.3 Å². The summed E-state index contributed by atoms with van der Waals surface area (Å²) in [4.78, 5) is 11.8. The molecule has 128 valence electrons. The van der Waals surface area contributed by atoms with Crippen LogP contribution in [0.25, 0.3) is 21.9 Å². The number of alkyl carbamates (subject to hydrolysis) is 1. The summed E-state index contributed by atoms with van der Waals surface area (Å²) in [6.45, 7) is 6.00. The van der Waals surface area contributed by atoms with Gasteiger partial charge in [-0.2, -0.15) is 0 Å². The molecule has 0 radical (unpaired) electrons. The molecule has 3 nitrogen and oxygen atoms in total. The number of rotatable bonds is 3. The molecule has 0 saturated heterocycles. The fraction of sp³-hybridized carbons (Fsp3) is 0.227. The second-order valence-electron chi connectivity index (χ2n) is 7.08. The lowest BCUT2D eigenvalue weighted by Crippen LogP contribution is -2.32. The monoisotopic (exact) mass is 333 g/mol. The van der Waals surface area contributed by atoms with Crippen LogP contribution in [0.15, 0.2) is 66.7 Å². The van der Waals surface area contributed by atoms with Crippen molar-refractivity contribution in [2.45, 2.75) is 32.9 Å². The average Bonchev–Trinajstić information content (AvgIpc) is 2.58. The summed E-state index contributed by atoms with van der Waals surface area (Å²) >= 11 is 0. The Labute approximate surface area is 148 Å². The molecule has 1 N–H and O–H groups in total. The molecule has 0 saturated carbocycles. The van der Waals surface area contributed by atoms with Gasteiger partial charge in [-0.1, -0.05) is 60.7 Å². The van der Waals surface area contributed by atoms with Crippen molar-refractivity contribution in [1.29, 1.82) is 0 Å². The van der Waals surface area contributed by atoms with E-state index in [4.69, 9.17) is 4.74 Å². The van der Waals surface area contributed by atoms with Gasteiger partial charge < -0.3 is 10.1 Å². The van der Waals surface area contributed by atoms with Crippen LogP contribution in [0.5, 0.6) is 0 Å². The number of benzene rings is 3. The van der Waals surface area contributed by atoms with E-state index in [0.717, 1.165) is 11.1 Å². The number of hydrogen-bond acceptors (Lipinski definition) is 2. The predicted octanol–water partition coefficient (Wildman–Crippen LogP) is 5.53. The van der Waals surface area contributed by atoms with Crippen LogP contribution in [0.3, 0.4) is 0 Å². The van der Waals surface area contributed by atoms with Gasteiger partial charge in [0, 0.05) is 6.54 Å². The molecule has 0 aliphatic rings. The third-order valence-corrected chi connectivity index (χ3v) is 3.86. The molecular weight excluding hydrogens is 310 g/mol.